The molecular weight excluding hydrogens is 405 g/mol. The number of benzene rings is 2. The maximum atomic E-state index is 13.8. The molecule has 0 unspecified atom stereocenters. The van der Waals surface area contributed by atoms with Crippen LogP contribution in [0.1, 0.15) is 27.3 Å². The molecule has 0 spiro atoms. The van der Waals surface area contributed by atoms with Gasteiger partial charge < -0.3 is 14.6 Å². The fourth-order valence-corrected chi connectivity index (χ4v) is 3.13. The number of carbonyl (C=O) groups is 2. The van der Waals surface area contributed by atoms with Crippen molar-refractivity contribution in [2.24, 2.45) is 0 Å². The Kier molecular flexibility index (Phi) is 6.44. The predicted octanol–water partition coefficient (Wildman–Crippen LogP) is 4.00. The summed E-state index contributed by atoms with van der Waals surface area (Å²) in [5.41, 5.74) is 2.20. The van der Waals surface area contributed by atoms with E-state index < -0.39 is 29.2 Å². The van der Waals surface area contributed by atoms with Gasteiger partial charge in [0, 0.05) is 30.1 Å². The Balaban J connectivity index is 1.65. The number of esters is 1. The number of rotatable bonds is 7. The van der Waals surface area contributed by atoms with Gasteiger partial charge in [0.05, 0.1) is 16.2 Å². The van der Waals surface area contributed by atoms with Crippen LogP contribution in [0.3, 0.4) is 0 Å². The summed E-state index contributed by atoms with van der Waals surface area (Å²) >= 11 is 0. The van der Waals surface area contributed by atoms with Crippen LogP contribution in [-0.2, 0) is 16.1 Å². The van der Waals surface area contributed by atoms with E-state index in [0.717, 1.165) is 29.5 Å². The second-order valence-electron chi connectivity index (χ2n) is 6.90. The number of nitrogens with zero attached hydrogens (tertiary/aromatic N) is 2. The van der Waals surface area contributed by atoms with Crippen LogP contribution in [0.4, 0.5) is 15.8 Å². The summed E-state index contributed by atoms with van der Waals surface area (Å²) in [6.45, 7) is 3.57. The highest BCUT2D eigenvalue weighted by atomic mass is 19.1. The van der Waals surface area contributed by atoms with E-state index in [1.165, 1.54) is 0 Å². The van der Waals surface area contributed by atoms with E-state index >= 15 is 0 Å². The molecule has 0 aliphatic heterocycles. The van der Waals surface area contributed by atoms with Crippen LogP contribution in [0.15, 0.2) is 54.6 Å². The van der Waals surface area contributed by atoms with Crippen molar-refractivity contribution < 1.29 is 23.6 Å². The van der Waals surface area contributed by atoms with Gasteiger partial charge in [-0.1, -0.05) is 30.3 Å². The molecule has 0 saturated carbocycles. The first-order valence-corrected chi connectivity index (χ1v) is 9.38. The number of anilines is 1. The van der Waals surface area contributed by atoms with E-state index in [9.17, 15) is 24.1 Å². The number of nitro benzene ring substituents is 1. The Morgan fingerprint density at radius 1 is 1.13 bits per heavy atom. The number of nitrogens with one attached hydrogen (secondary N) is 1. The fraction of sp³-hybridized carbons (Fsp3) is 0.182. The summed E-state index contributed by atoms with van der Waals surface area (Å²) in [7, 11) is 0. The molecule has 1 aromatic heterocycles. The van der Waals surface area contributed by atoms with Gasteiger partial charge in [-0.25, -0.2) is 9.18 Å². The molecule has 2 aromatic carbocycles. The van der Waals surface area contributed by atoms with Crippen molar-refractivity contribution in [2.75, 3.05) is 11.9 Å². The van der Waals surface area contributed by atoms with E-state index in [2.05, 4.69) is 5.32 Å². The van der Waals surface area contributed by atoms with Gasteiger partial charge in [0.1, 0.15) is 5.82 Å². The summed E-state index contributed by atoms with van der Waals surface area (Å²) in [6, 6.07) is 14.2. The van der Waals surface area contributed by atoms with Gasteiger partial charge >= 0.3 is 5.97 Å². The molecule has 0 aliphatic rings. The van der Waals surface area contributed by atoms with Crippen molar-refractivity contribution in [3.8, 4) is 0 Å². The summed E-state index contributed by atoms with van der Waals surface area (Å²) in [4.78, 5) is 34.6. The summed E-state index contributed by atoms with van der Waals surface area (Å²) in [5.74, 6) is -2.34. The third-order valence-electron chi connectivity index (χ3n) is 4.75. The van der Waals surface area contributed by atoms with Crippen molar-refractivity contribution in [1.29, 1.82) is 0 Å². The van der Waals surface area contributed by atoms with E-state index in [-0.39, 0.29) is 11.4 Å². The Hall–Kier alpha value is -4.01. The number of halogens is 1. The molecule has 9 heteroatoms. The van der Waals surface area contributed by atoms with Gasteiger partial charge in [0.2, 0.25) is 0 Å². The number of non-ortho nitro benzene ring substituents is 1. The van der Waals surface area contributed by atoms with Gasteiger partial charge in [0.15, 0.2) is 6.61 Å². The van der Waals surface area contributed by atoms with Crippen molar-refractivity contribution in [3.63, 3.8) is 0 Å². The van der Waals surface area contributed by atoms with Crippen molar-refractivity contribution >= 4 is 23.3 Å². The van der Waals surface area contributed by atoms with Crippen LogP contribution in [0.2, 0.25) is 0 Å². The molecule has 0 radical (unpaired) electrons. The van der Waals surface area contributed by atoms with Gasteiger partial charge in [-0.15, -0.1) is 0 Å². The molecule has 0 fully saturated rings. The highest BCUT2D eigenvalue weighted by molar-refractivity contribution is 5.96. The molecule has 31 heavy (non-hydrogen) atoms. The highest BCUT2D eigenvalue weighted by Gasteiger charge is 2.19. The number of amides is 1. The molecule has 8 nitrogen and oxygen atoms in total. The molecule has 3 aromatic rings. The van der Waals surface area contributed by atoms with Gasteiger partial charge in [-0.2, -0.15) is 0 Å². The molecule has 0 bridgehead atoms. The predicted molar refractivity (Wildman–Crippen MR) is 111 cm³/mol. The highest BCUT2D eigenvalue weighted by Crippen LogP contribution is 2.21. The lowest BCUT2D eigenvalue weighted by Gasteiger charge is -2.10. The maximum Gasteiger partial charge on any atom is 0.340 e. The minimum atomic E-state index is -0.838. The van der Waals surface area contributed by atoms with Crippen molar-refractivity contribution in [1.82, 2.24) is 4.57 Å². The molecule has 160 valence electrons. The molecule has 1 amide bonds. The van der Waals surface area contributed by atoms with Gasteiger partial charge in [0.25, 0.3) is 11.6 Å². The van der Waals surface area contributed by atoms with Crippen LogP contribution in [-0.4, -0.2) is 28.0 Å². The number of hydrogen-bond donors (Lipinski definition) is 1. The number of aryl methyl sites for hydroxylation is 1. The van der Waals surface area contributed by atoms with Gasteiger partial charge in [-0.3, -0.25) is 14.9 Å². The Bertz CT molecular complexity index is 1140. The summed E-state index contributed by atoms with van der Waals surface area (Å²) < 4.78 is 20.8. The molecule has 3 rings (SSSR count). The molecule has 0 saturated heterocycles. The Morgan fingerprint density at radius 3 is 2.52 bits per heavy atom. The van der Waals surface area contributed by atoms with Crippen molar-refractivity contribution in [3.05, 3.63) is 93.0 Å². The first-order chi connectivity index (χ1) is 14.8. The third-order valence-corrected chi connectivity index (χ3v) is 4.75. The summed E-state index contributed by atoms with van der Waals surface area (Å²) in [5, 5.41) is 13.0. The average molecular weight is 425 g/mol. The number of nitro groups is 1. The molecular formula is C22H20FN3O5. The molecule has 1 N–H and O–H groups in total. The standard InChI is InChI=1S/C22H20FN3O5/c1-14-10-18(15(2)25(14)12-16-6-4-3-5-7-16)22(28)31-13-21(27)24-20-11-17(26(29)30)8-9-19(20)23/h3-11H,12-13H2,1-2H3,(H,24,27). The zero-order valence-corrected chi connectivity index (χ0v) is 16.9. The quantitative estimate of drug-likeness (QED) is 0.350. The number of hydrogen-bond acceptors (Lipinski definition) is 5. The zero-order chi connectivity index (χ0) is 22.5. The van der Waals surface area contributed by atoms with Crippen LogP contribution in [0, 0.1) is 29.8 Å². The lowest BCUT2D eigenvalue weighted by Crippen LogP contribution is -2.21. The van der Waals surface area contributed by atoms with Crippen LogP contribution < -0.4 is 5.32 Å². The minimum Gasteiger partial charge on any atom is -0.452 e. The van der Waals surface area contributed by atoms with Crippen LogP contribution >= 0.6 is 0 Å². The van der Waals surface area contributed by atoms with E-state index in [4.69, 9.17) is 4.74 Å². The summed E-state index contributed by atoms with van der Waals surface area (Å²) in [6.07, 6.45) is 0. The monoisotopic (exact) mass is 425 g/mol. The molecule has 1 heterocycles. The minimum absolute atomic E-state index is 0.322. The van der Waals surface area contributed by atoms with Crippen molar-refractivity contribution in [2.45, 2.75) is 20.4 Å². The normalized spacial score (nSPS) is 10.5. The Labute approximate surface area is 177 Å². The topological polar surface area (TPSA) is 103 Å². The van der Waals surface area contributed by atoms with Crippen LogP contribution in [0.25, 0.3) is 0 Å². The first-order valence-electron chi connectivity index (χ1n) is 9.38. The second-order valence-corrected chi connectivity index (χ2v) is 6.90. The van der Waals surface area contributed by atoms with Crippen LogP contribution in [0.5, 0.6) is 0 Å². The fourth-order valence-electron chi connectivity index (χ4n) is 3.13. The van der Waals surface area contributed by atoms with Gasteiger partial charge in [-0.05, 0) is 31.5 Å². The number of carbonyl (C=O) groups excluding carboxylic acids is 2. The lowest BCUT2D eigenvalue weighted by atomic mass is 10.2. The third kappa shape index (κ3) is 5.13. The SMILES string of the molecule is Cc1cc(C(=O)OCC(=O)Nc2cc([N+](=O)[O-])ccc2F)c(C)n1Cc1ccccc1. The zero-order valence-electron chi connectivity index (χ0n) is 16.9. The smallest absolute Gasteiger partial charge is 0.340 e. The largest absolute Gasteiger partial charge is 0.452 e. The molecule has 0 atom stereocenters. The second kappa shape index (κ2) is 9.21. The first kappa shape index (κ1) is 21.7. The maximum absolute atomic E-state index is 13.8. The van der Waals surface area contributed by atoms with E-state index in [1.807, 2.05) is 41.8 Å². The van der Waals surface area contributed by atoms with E-state index in [0.29, 0.717) is 17.8 Å². The number of ether oxygens (including phenoxy) is 1. The molecule has 0 aliphatic carbocycles. The van der Waals surface area contributed by atoms with E-state index in [1.54, 1.807) is 13.0 Å². The average Bonchev–Trinajstić information content (AvgIpc) is 3.02. The lowest BCUT2D eigenvalue weighted by molar-refractivity contribution is -0.384. The Morgan fingerprint density at radius 2 is 1.84 bits per heavy atom. The number of aromatic nitrogens is 1.